The molecule has 0 heterocycles. The lowest BCUT2D eigenvalue weighted by molar-refractivity contribution is -0.139. The number of carbonyl (C=O) groups is 1. The first-order valence-corrected chi connectivity index (χ1v) is 5.67. The smallest absolute Gasteiger partial charge is 0.309 e. The quantitative estimate of drug-likeness (QED) is 0.438. The van der Waals surface area contributed by atoms with Crippen molar-refractivity contribution in [2.45, 2.75) is 13.0 Å². The summed E-state index contributed by atoms with van der Waals surface area (Å²) in [4.78, 5) is 15.2. The first kappa shape index (κ1) is 13.9. The number of aliphatic imine (C=N–C) groups is 1. The van der Waals surface area contributed by atoms with E-state index in [1.54, 1.807) is 18.4 Å². The maximum Gasteiger partial charge on any atom is 0.309 e. The number of esters is 1. The van der Waals surface area contributed by atoms with Crippen LogP contribution in [0.4, 0.5) is 0 Å². The van der Waals surface area contributed by atoms with Crippen LogP contribution in [0, 0.1) is 0 Å². The fraction of sp³-hybridized carbons (Fsp3) is 0.200. The Balaban J connectivity index is 2.32. The maximum absolute atomic E-state index is 10.9. The summed E-state index contributed by atoms with van der Waals surface area (Å²) in [7, 11) is 1.36. The molecule has 3 heteroatoms. The molecule has 1 aromatic carbocycles. The normalized spacial score (nSPS) is 10.9. The van der Waals surface area contributed by atoms with Crippen LogP contribution in [0.25, 0.3) is 0 Å². The average Bonchev–Trinajstić information content (AvgIpc) is 2.39. The van der Waals surface area contributed by atoms with E-state index in [9.17, 15) is 4.79 Å². The molecule has 0 aliphatic carbocycles. The van der Waals surface area contributed by atoms with Gasteiger partial charge in [-0.05, 0) is 17.2 Å². The Kier molecular flexibility index (Phi) is 6.19. The summed E-state index contributed by atoms with van der Waals surface area (Å²) in [5.41, 5.74) is 1.86. The minimum Gasteiger partial charge on any atom is -0.469 e. The van der Waals surface area contributed by atoms with Crippen LogP contribution in [0.5, 0.6) is 0 Å². The number of methoxy groups -OCH3 is 1. The largest absolute Gasteiger partial charge is 0.469 e. The summed E-state index contributed by atoms with van der Waals surface area (Å²) in [6.45, 7) is 4.40. The molecular weight excluding hydrogens is 226 g/mol. The van der Waals surface area contributed by atoms with Gasteiger partial charge in [-0.15, -0.1) is 0 Å². The fourth-order valence-corrected chi connectivity index (χ4v) is 1.30. The minimum absolute atomic E-state index is 0.208. The van der Waals surface area contributed by atoms with Crippen LogP contribution in [0.2, 0.25) is 0 Å². The molecule has 0 saturated carbocycles. The van der Waals surface area contributed by atoms with E-state index in [1.807, 2.05) is 30.3 Å². The van der Waals surface area contributed by atoms with Gasteiger partial charge >= 0.3 is 5.97 Å². The van der Waals surface area contributed by atoms with Crippen molar-refractivity contribution in [3.8, 4) is 0 Å². The second-order valence-corrected chi connectivity index (χ2v) is 3.75. The molecule has 0 aromatic heterocycles. The second-order valence-electron chi connectivity index (χ2n) is 3.75. The van der Waals surface area contributed by atoms with E-state index >= 15 is 0 Å². The van der Waals surface area contributed by atoms with Crippen molar-refractivity contribution in [1.29, 1.82) is 0 Å². The zero-order valence-electron chi connectivity index (χ0n) is 10.5. The van der Waals surface area contributed by atoms with Gasteiger partial charge in [-0.25, -0.2) is 0 Å². The third-order valence-corrected chi connectivity index (χ3v) is 2.24. The number of ether oxygens (including phenoxy) is 1. The maximum atomic E-state index is 10.9. The average molecular weight is 243 g/mol. The lowest BCUT2D eigenvalue weighted by Crippen LogP contribution is -1.99. The third kappa shape index (κ3) is 5.80. The number of allylic oxidation sites excluding steroid dienone is 2. The van der Waals surface area contributed by atoms with Gasteiger partial charge in [0, 0.05) is 6.21 Å². The van der Waals surface area contributed by atoms with E-state index in [4.69, 9.17) is 0 Å². The minimum atomic E-state index is -0.286. The highest BCUT2D eigenvalue weighted by molar-refractivity contribution is 5.75. The monoisotopic (exact) mass is 243 g/mol. The van der Waals surface area contributed by atoms with E-state index in [0.29, 0.717) is 12.1 Å². The molecule has 0 bridgehead atoms. The Morgan fingerprint density at radius 1 is 1.39 bits per heavy atom. The zero-order chi connectivity index (χ0) is 13.2. The standard InChI is InChI=1S/C15H17NO2/c1-13(11-15(17)18-2)7-6-10-16-12-14-8-4-3-5-9-14/h3-10H,1,11-12H2,2H3/b7-6-,16-10?. The third-order valence-electron chi connectivity index (χ3n) is 2.24. The van der Waals surface area contributed by atoms with E-state index in [0.717, 1.165) is 5.56 Å². The summed E-state index contributed by atoms with van der Waals surface area (Å²) in [6.07, 6.45) is 5.44. The van der Waals surface area contributed by atoms with Crippen molar-refractivity contribution < 1.29 is 9.53 Å². The Morgan fingerprint density at radius 2 is 2.11 bits per heavy atom. The number of nitrogens with zero attached hydrogens (tertiary/aromatic N) is 1. The van der Waals surface area contributed by atoms with E-state index in [1.165, 1.54) is 7.11 Å². The van der Waals surface area contributed by atoms with Crippen molar-refractivity contribution in [2.75, 3.05) is 7.11 Å². The Labute approximate surface area is 108 Å². The van der Waals surface area contributed by atoms with Gasteiger partial charge in [0.15, 0.2) is 0 Å². The molecule has 0 saturated heterocycles. The Bertz CT molecular complexity index is 447. The molecule has 1 rings (SSSR count). The molecule has 1 aromatic rings. The summed E-state index contributed by atoms with van der Waals surface area (Å²) in [6, 6.07) is 10.00. The first-order chi connectivity index (χ1) is 8.72. The Morgan fingerprint density at radius 3 is 2.78 bits per heavy atom. The van der Waals surface area contributed by atoms with Gasteiger partial charge in [0.25, 0.3) is 0 Å². The molecule has 0 atom stereocenters. The van der Waals surface area contributed by atoms with Crippen LogP contribution in [0.1, 0.15) is 12.0 Å². The zero-order valence-corrected chi connectivity index (χ0v) is 10.5. The lowest BCUT2D eigenvalue weighted by Gasteiger charge is -1.97. The van der Waals surface area contributed by atoms with Gasteiger partial charge < -0.3 is 4.74 Å². The van der Waals surface area contributed by atoms with Gasteiger partial charge in [0.05, 0.1) is 20.1 Å². The highest BCUT2D eigenvalue weighted by atomic mass is 16.5. The van der Waals surface area contributed by atoms with Crippen LogP contribution < -0.4 is 0 Å². The SMILES string of the molecule is C=C(/C=C\C=NCc1ccccc1)CC(=O)OC. The molecule has 0 N–H and O–H groups in total. The molecule has 18 heavy (non-hydrogen) atoms. The van der Waals surface area contributed by atoms with Gasteiger partial charge in [0.2, 0.25) is 0 Å². The van der Waals surface area contributed by atoms with Crippen molar-refractivity contribution >= 4 is 12.2 Å². The predicted molar refractivity (Wildman–Crippen MR) is 73.6 cm³/mol. The van der Waals surface area contributed by atoms with E-state index in [2.05, 4.69) is 16.3 Å². The highest BCUT2D eigenvalue weighted by Crippen LogP contribution is 2.01. The van der Waals surface area contributed by atoms with Crippen LogP contribution in [-0.4, -0.2) is 19.3 Å². The fourth-order valence-electron chi connectivity index (χ4n) is 1.30. The molecule has 94 valence electrons. The van der Waals surface area contributed by atoms with Crippen LogP contribution in [-0.2, 0) is 16.1 Å². The number of rotatable bonds is 6. The van der Waals surface area contributed by atoms with Crippen molar-refractivity contribution in [3.63, 3.8) is 0 Å². The lowest BCUT2D eigenvalue weighted by atomic mass is 10.2. The number of carbonyl (C=O) groups excluding carboxylic acids is 1. The van der Waals surface area contributed by atoms with E-state index in [-0.39, 0.29) is 12.4 Å². The Hall–Kier alpha value is -2.16. The van der Waals surface area contributed by atoms with Gasteiger partial charge in [-0.2, -0.15) is 0 Å². The molecular formula is C15H17NO2. The first-order valence-electron chi connectivity index (χ1n) is 5.67. The van der Waals surface area contributed by atoms with Crippen LogP contribution in [0.3, 0.4) is 0 Å². The second kappa shape index (κ2) is 8.01. The van der Waals surface area contributed by atoms with Gasteiger partial charge in [0.1, 0.15) is 0 Å². The molecule has 0 aliphatic rings. The predicted octanol–water partition coefficient (Wildman–Crippen LogP) is 2.93. The molecule has 0 spiro atoms. The molecule has 0 amide bonds. The molecule has 3 nitrogen and oxygen atoms in total. The molecule has 0 unspecified atom stereocenters. The van der Waals surface area contributed by atoms with Gasteiger partial charge in [-0.1, -0.05) is 43.0 Å². The summed E-state index contributed by atoms with van der Waals surface area (Å²) >= 11 is 0. The van der Waals surface area contributed by atoms with Crippen LogP contribution in [0.15, 0.2) is 59.6 Å². The van der Waals surface area contributed by atoms with Crippen molar-refractivity contribution in [1.82, 2.24) is 0 Å². The topological polar surface area (TPSA) is 38.7 Å². The van der Waals surface area contributed by atoms with Gasteiger partial charge in [-0.3, -0.25) is 9.79 Å². The summed E-state index contributed by atoms with van der Waals surface area (Å²) in [5, 5.41) is 0. The van der Waals surface area contributed by atoms with Crippen molar-refractivity contribution in [2.24, 2.45) is 4.99 Å². The summed E-state index contributed by atoms with van der Waals surface area (Å²) < 4.78 is 4.54. The molecule has 0 radical (unpaired) electrons. The molecule has 0 aliphatic heterocycles. The number of hydrogen-bond donors (Lipinski definition) is 0. The number of benzene rings is 1. The van der Waals surface area contributed by atoms with Crippen LogP contribution >= 0.6 is 0 Å². The van der Waals surface area contributed by atoms with E-state index < -0.39 is 0 Å². The van der Waals surface area contributed by atoms with Crippen molar-refractivity contribution in [3.05, 3.63) is 60.2 Å². The molecule has 0 fully saturated rings. The highest BCUT2D eigenvalue weighted by Gasteiger charge is 1.99. The number of hydrogen-bond acceptors (Lipinski definition) is 3. The summed E-state index contributed by atoms with van der Waals surface area (Å²) in [5.74, 6) is -0.286.